The fourth-order valence-electron chi connectivity index (χ4n) is 8.58. The van der Waals surface area contributed by atoms with Gasteiger partial charge in [0.25, 0.3) is 0 Å². The average Bonchev–Trinajstić information content (AvgIpc) is 3.81. The molecule has 0 aliphatic heterocycles. The second kappa shape index (κ2) is 16.4. The summed E-state index contributed by atoms with van der Waals surface area (Å²) < 4.78 is 119. The summed E-state index contributed by atoms with van der Waals surface area (Å²) >= 11 is 35.5. The lowest BCUT2D eigenvalue weighted by molar-refractivity contribution is -0.272. The second-order valence-corrected chi connectivity index (χ2v) is 17.9. The molecule has 0 bridgehead atoms. The Kier molecular flexibility index (Phi) is 12.8. The van der Waals surface area contributed by atoms with Crippen molar-refractivity contribution in [3.8, 4) is 0 Å². The predicted octanol–water partition coefficient (Wildman–Crippen LogP) is 15.4. The Balaban J connectivity index is 0.000000152. The third-order valence-electron chi connectivity index (χ3n) is 11.8. The summed E-state index contributed by atoms with van der Waals surface area (Å²) in [6.07, 6.45) is -11.8. The predicted molar refractivity (Wildman–Crippen MR) is 224 cm³/mol. The van der Waals surface area contributed by atoms with Crippen molar-refractivity contribution < 1.29 is 49.7 Å². The fourth-order valence-corrected chi connectivity index (χ4v) is 9.56. The lowest BCUT2D eigenvalue weighted by Gasteiger charge is -2.35. The first kappa shape index (κ1) is 47.8. The van der Waals surface area contributed by atoms with Crippen LogP contribution in [-0.2, 0) is 35.9 Å². The van der Waals surface area contributed by atoms with Gasteiger partial charge in [-0.15, -0.1) is 0 Å². The van der Waals surface area contributed by atoms with Crippen molar-refractivity contribution in [2.24, 2.45) is 0 Å². The van der Waals surface area contributed by atoms with Crippen LogP contribution in [0.4, 0.5) is 39.5 Å². The first-order chi connectivity index (χ1) is 27.7. The van der Waals surface area contributed by atoms with Crippen LogP contribution in [0.5, 0.6) is 0 Å². The Hall–Kier alpha value is -2.69. The number of alkyl halides is 9. The van der Waals surface area contributed by atoms with Gasteiger partial charge in [0.05, 0.1) is 41.5 Å². The number of aliphatic hydroxyl groups is 2. The molecule has 9 rings (SSSR count). The topological polar surface area (TPSA) is 87.8 Å². The number of aromatic nitrogens is 3. The molecule has 3 atom stereocenters. The third-order valence-corrected chi connectivity index (χ3v) is 14.0. The minimum absolute atomic E-state index is 0. The van der Waals surface area contributed by atoms with Crippen LogP contribution in [-0.4, -0.2) is 43.7 Å². The zero-order valence-electron chi connectivity index (χ0n) is 30.9. The van der Waals surface area contributed by atoms with Crippen molar-refractivity contribution in [2.75, 3.05) is 0 Å². The SMILES string of the molecule is C.C[C@]1(C(F)(F)F)CCCc2c1[nH]c1cc(Cl)c(Cl)cc21.OC1(C(F)(F)F)CCCc2c1[nH]c1cc(Cl)c(Cl)cc21.O[C@@]1(C(F)(F)F)CCCc2c1[nH]c1cc(Cl)c(Cl)cc21. The van der Waals surface area contributed by atoms with Crippen molar-refractivity contribution >= 4 is 102 Å². The van der Waals surface area contributed by atoms with E-state index in [9.17, 15) is 49.7 Å². The first-order valence-electron chi connectivity index (χ1n) is 18.4. The molecule has 0 fully saturated rings. The number of fused-ring (bicyclic) bond motifs is 9. The van der Waals surface area contributed by atoms with E-state index in [-0.39, 0.29) is 76.7 Å². The van der Waals surface area contributed by atoms with Gasteiger partial charge in [0.2, 0.25) is 11.2 Å². The molecule has 0 amide bonds. The van der Waals surface area contributed by atoms with Gasteiger partial charge < -0.3 is 25.2 Å². The molecule has 3 heterocycles. The highest BCUT2D eigenvalue weighted by atomic mass is 35.5. The van der Waals surface area contributed by atoms with Crippen LogP contribution < -0.4 is 0 Å². The van der Waals surface area contributed by atoms with Crippen molar-refractivity contribution in [1.82, 2.24) is 15.0 Å². The lowest BCUT2D eigenvalue weighted by Crippen LogP contribution is -2.45. The summed E-state index contributed by atoms with van der Waals surface area (Å²) in [7, 11) is 0. The Morgan fingerprint density at radius 3 is 1.05 bits per heavy atom. The van der Waals surface area contributed by atoms with Crippen molar-refractivity contribution in [2.45, 2.75) is 107 Å². The van der Waals surface area contributed by atoms with Crippen LogP contribution in [0, 0.1) is 0 Å². The molecule has 0 saturated heterocycles. The number of benzene rings is 3. The molecule has 6 aromatic rings. The van der Waals surface area contributed by atoms with Gasteiger partial charge >= 0.3 is 18.5 Å². The molecule has 5 nitrogen and oxygen atoms in total. The molecule has 3 aromatic heterocycles. The molecular weight excluding hydrogens is 950 g/mol. The summed E-state index contributed by atoms with van der Waals surface area (Å²) in [5.74, 6) is 0. The quantitative estimate of drug-likeness (QED) is 0.0982. The monoisotopic (exact) mass is 983 g/mol. The molecular formula is C41H36Cl6F9N3O2. The minimum atomic E-state index is -4.73. The van der Waals surface area contributed by atoms with Crippen molar-refractivity contribution in [1.29, 1.82) is 0 Å². The largest absolute Gasteiger partial charge is 0.422 e. The zero-order chi connectivity index (χ0) is 44.1. The summed E-state index contributed by atoms with van der Waals surface area (Å²) in [4.78, 5) is 8.25. The molecule has 0 saturated carbocycles. The third kappa shape index (κ3) is 8.08. The van der Waals surface area contributed by atoms with Gasteiger partial charge in [0.15, 0.2) is 0 Å². The number of aryl methyl sites for hydroxylation is 3. The van der Waals surface area contributed by atoms with E-state index in [0.717, 1.165) is 5.39 Å². The molecule has 3 aliphatic rings. The smallest absolute Gasteiger partial charge is 0.375 e. The number of aromatic amines is 3. The van der Waals surface area contributed by atoms with Gasteiger partial charge in [-0.25, -0.2) is 0 Å². The Morgan fingerprint density at radius 2 is 0.738 bits per heavy atom. The highest BCUT2D eigenvalue weighted by molar-refractivity contribution is 6.44. The van der Waals surface area contributed by atoms with E-state index in [1.807, 2.05) is 0 Å². The molecule has 0 radical (unpaired) electrons. The van der Waals surface area contributed by atoms with Gasteiger partial charge in [-0.05, 0) is 118 Å². The van der Waals surface area contributed by atoms with Gasteiger partial charge in [0, 0.05) is 38.4 Å². The highest BCUT2D eigenvalue weighted by Crippen LogP contribution is 2.52. The Morgan fingerprint density at radius 1 is 0.459 bits per heavy atom. The maximum Gasteiger partial charge on any atom is 0.422 e. The standard InChI is InChI=1S/C14H12Cl2F3N.2C13H10Cl2F3NO.CH4/c1-13(14(17,18)19)4-2-3-7-8-5-9(15)10(16)6-11(8)20-12(7)13;2*14-8-4-7-6-2-1-3-12(20,13(16,17)18)11(6)19-10(7)5-9(8)15;/h5-6,20H,2-4H2,1H3;2*4-5,19-20H,1-3H2;1H4/t13-;12-;;/m00../s1. The Labute approximate surface area is 372 Å². The number of hydrogen-bond donors (Lipinski definition) is 5. The number of H-pyrrole nitrogens is 3. The van der Waals surface area contributed by atoms with Crippen LogP contribution in [0.15, 0.2) is 36.4 Å². The first-order valence-corrected chi connectivity index (χ1v) is 20.6. The molecule has 3 aromatic carbocycles. The van der Waals surface area contributed by atoms with Crippen molar-refractivity contribution in [3.63, 3.8) is 0 Å². The molecule has 0 spiro atoms. The minimum Gasteiger partial charge on any atom is -0.375 e. The normalized spacial score (nSPS) is 22.7. The molecule has 3 aliphatic carbocycles. The van der Waals surface area contributed by atoms with E-state index in [0.29, 0.717) is 79.7 Å². The van der Waals surface area contributed by atoms with Crippen LogP contribution in [0.1, 0.15) is 86.6 Å². The van der Waals surface area contributed by atoms with E-state index in [1.165, 1.54) is 31.2 Å². The van der Waals surface area contributed by atoms with E-state index < -0.39 is 35.1 Å². The average molecular weight is 986 g/mol. The van der Waals surface area contributed by atoms with Gasteiger partial charge in [0.1, 0.15) is 5.41 Å². The van der Waals surface area contributed by atoms with Crippen LogP contribution in [0.2, 0.25) is 30.1 Å². The number of rotatable bonds is 0. The highest BCUT2D eigenvalue weighted by Gasteiger charge is 2.59. The number of halogens is 15. The van der Waals surface area contributed by atoms with Crippen LogP contribution >= 0.6 is 69.6 Å². The van der Waals surface area contributed by atoms with Gasteiger partial charge in [-0.1, -0.05) is 77.0 Å². The van der Waals surface area contributed by atoms with E-state index >= 15 is 0 Å². The number of hydrogen-bond acceptors (Lipinski definition) is 2. The molecule has 332 valence electrons. The lowest BCUT2D eigenvalue weighted by atomic mass is 9.74. The summed E-state index contributed by atoms with van der Waals surface area (Å²) in [5, 5.41) is 23.8. The Bertz CT molecular complexity index is 2370. The summed E-state index contributed by atoms with van der Waals surface area (Å²) in [6, 6.07) is 9.28. The maximum atomic E-state index is 13.4. The summed E-state index contributed by atoms with van der Waals surface area (Å²) in [5.41, 5.74) is -4.47. The second-order valence-electron chi connectivity index (χ2n) is 15.5. The van der Waals surface area contributed by atoms with Crippen molar-refractivity contribution in [3.05, 3.63) is 100 Å². The molecule has 20 heteroatoms. The summed E-state index contributed by atoms with van der Waals surface area (Å²) in [6.45, 7) is 1.25. The molecule has 61 heavy (non-hydrogen) atoms. The number of nitrogens with one attached hydrogen (secondary N) is 3. The molecule has 1 unspecified atom stereocenters. The maximum absolute atomic E-state index is 13.4. The van der Waals surface area contributed by atoms with Crippen LogP contribution in [0.3, 0.4) is 0 Å². The zero-order valence-corrected chi connectivity index (χ0v) is 35.4. The fraction of sp³-hybridized carbons (Fsp3) is 0.415. The van der Waals surface area contributed by atoms with E-state index in [4.69, 9.17) is 69.6 Å². The van der Waals surface area contributed by atoms with Gasteiger partial charge in [-0.3, -0.25) is 0 Å². The van der Waals surface area contributed by atoms with Gasteiger partial charge in [-0.2, -0.15) is 39.5 Å². The van der Waals surface area contributed by atoms with Crippen LogP contribution in [0.25, 0.3) is 32.7 Å². The van der Waals surface area contributed by atoms with E-state index in [1.54, 1.807) is 12.1 Å². The van der Waals surface area contributed by atoms with E-state index in [2.05, 4.69) is 15.0 Å². The molecule has 5 N–H and O–H groups in total.